The maximum absolute atomic E-state index is 12.4. The Morgan fingerprint density at radius 1 is 0.933 bits per heavy atom. The van der Waals surface area contributed by atoms with Crippen molar-refractivity contribution in [1.29, 1.82) is 0 Å². The van der Waals surface area contributed by atoms with E-state index in [1.165, 1.54) is 0 Å². The Labute approximate surface area is 178 Å². The summed E-state index contributed by atoms with van der Waals surface area (Å²) in [5, 5.41) is 2.09. The molecule has 1 atom stereocenters. The molecule has 0 bridgehead atoms. The monoisotopic (exact) mass is 438 g/mol. The first-order valence-corrected chi connectivity index (χ1v) is 11.7. The smallest absolute Gasteiger partial charge is 0.474 e. The van der Waals surface area contributed by atoms with Crippen LogP contribution in [0.5, 0.6) is 5.75 Å². The third-order valence-electron chi connectivity index (χ3n) is 4.53. The van der Waals surface area contributed by atoms with Crippen LogP contribution < -0.4 is 4.74 Å². The summed E-state index contributed by atoms with van der Waals surface area (Å²) in [4.78, 5) is 12.4. The van der Waals surface area contributed by atoms with Crippen molar-refractivity contribution >= 4 is 24.6 Å². The number of carbonyl (C=O) groups is 1. The fourth-order valence-corrected chi connectivity index (χ4v) is 4.09. The number of hydrogen-bond donors (Lipinski definition) is 0. The maximum atomic E-state index is 12.4. The zero-order chi connectivity index (χ0) is 22.0. The molecule has 0 heterocycles. The summed E-state index contributed by atoms with van der Waals surface area (Å²) in [6, 6.07) is 11.7. The Bertz CT molecular complexity index is 858. The van der Waals surface area contributed by atoms with E-state index in [0.29, 0.717) is 12.8 Å². The Balaban J connectivity index is 1.78. The van der Waals surface area contributed by atoms with Gasteiger partial charge in [-0.05, 0) is 62.1 Å². The van der Waals surface area contributed by atoms with Gasteiger partial charge in [0.25, 0.3) is 0 Å². The van der Waals surface area contributed by atoms with Crippen molar-refractivity contribution in [2.24, 2.45) is 0 Å². The van der Waals surface area contributed by atoms with Crippen molar-refractivity contribution in [3.8, 4) is 5.75 Å². The number of fused-ring (bicyclic) bond motifs is 1. The van der Waals surface area contributed by atoms with E-state index in [-0.39, 0.29) is 38.3 Å². The maximum Gasteiger partial charge on any atom is 0.474 e. The lowest BCUT2D eigenvalue weighted by atomic mass is 9.98. The lowest BCUT2D eigenvalue weighted by Crippen LogP contribution is -2.14. The van der Waals surface area contributed by atoms with Gasteiger partial charge in [0, 0.05) is 0 Å². The van der Waals surface area contributed by atoms with E-state index in [9.17, 15) is 9.36 Å². The van der Waals surface area contributed by atoms with E-state index >= 15 is 0 Å². The molecule has 0 aromatic heterocycles. The number of esters is 1. The zero-order valence-electron chi connectivity index (χ0n) is 18.1. The summed E-state index contributed by atoms with van der Waals surface area (Å²) in [6.45, 7) is 6.24. The van der Waals surface area contributed by atoms with Crippen LogP contribution in [-0.2, 0) is 27.7 Å². The molecule has 30 heavy (non-hydrogen) atoms. The van der Waals surface area contributed by atoms with Crippen molar-refractivity contribution in [3.63, 3.8) is 0 Å². The Hall–Kier alpha value is -1.92. The van der Waals surface area contributed by atoms with Gasteiger partial charge in [-0.25, -0.2) is 4.57 Å². The fourth-order valence-electron chi connectivity index (χ4n) is 2.88. The Morgan fingerprint density at radius 3 is 2.23 bits per heavy atom. The number of rotatable bonds is 13. The molecule has 166 valence electrons. The van der Waals surface area contributed by atoms with Crippen LogP contribution in [0.25, 0.3) is 10.8 Å². The van der Waals surface area contributed by atoms with Crippen LogP contribution in [0, 0.1) is 0 Å². The minimum absolute atomic E-state index is 0.207. The number of benzene rings is 2. The molecule has 0 amide bonds. The highest BCUT2D eigenvalue weighted by Crippen LogP contribution is 2.49. The van der Waals surface area contributed by atoms with Crippen LogP contribution in [0.1, 0.15) is 45.1 Å². The van der Waals surface area contributed by atoms with E-state index in [1.807, 2.05) is 43.3 Å². The first-order chi connectivity index (χ1) is 14.4. The van der Waals surface area contributed by atoms with Crippen LogP contribution in [0.4, 0.5) is 0 Å². The van der Waals surface area contributed by atoms with E-state index in [0.717, 1.165) is 22.1 Å². The molecular weight excluding hydrogens is 407 g/mol. The third kappa shape index (κ3) is 7.10. The van der Waals surface area contributed by atoms with Crippen molar-refractivity contribution in [2.45, 2.75) is 39.5 Å². The minimum Gasteiger partial charge on any atom is -0.497 e. The summed E-state index contributed by atoms with van der Waals surface area (Å²) in [7, 11) is -1.85. The number of ether oxygens (including phenoxy) is 2. The number of methoxy groups -OCH3 is 1. The second-order valence-electron chi connectivity index (χ2n) is 6.68. The second-order valence-corrected chi connectivity index (χ2v) is 8.35. The summed E-state index contributed by atoms with van der Waals surface area (Å²) < 4.78 is 38.2. The molecule has 0 fully saturated rings. The Morgan fingerprint density at radius 2 is 1.57 bits per heavy atom. The van der Waals surface area contributed by atoms with Crippen LogP contribution in [0.15, 0.2) is 36.4 Å². The molecule has 1 unspecified atom stereocenters. The highest BCUT2D eigenvalue weighted by molar-refractivity contribution is 7.48. The molecule has 0 aliphatic rings. The molecule has 0 spiro atoms. The largest absolute Gasteiger partial charge is 0.497 e. The van der Waals surface area contributed by atoms with Crippen molar-refractivity contribution in [1.82, 2.24) is 0 Å². The van der Waals surface area contributed by atoms with Gasteiger partial charge >= 0.3 is 13.8 Å². The first-order valence-electron chi connectivity index (χ1n) is 10.2. The predicted molar refractivity (Wildman–Crippen MR) is 116 cm³/mol. The zero-order valence-corrected chi connectivity index (χ0v) is 19.0. The van der Waals surface area contributed by atoms with Gasteiger partial charge in [0.15, 0.2) is 0 Å². The second kappa shape index (κ2) is 12.1. The van der Waals surface area contributed by atoms with Crippen molar-refractivity contribution < 1.29 is 32.4 Å². The average Bonchev–Trinajstić information content (AvgIpc) is 2.75. The van der Waals surface area contributed by atoms with Crippen LogP contribution in [-0.4, -0.2) is 39.5 Å². The van der Waals surface area contributed by atoms with Crippen LogP contribution in [0.3, 0.4) is 0 Å². The third-order valence-corrected chi connectivity index (χ3v) is 6.18. The minimum atomic E-state index is -3.48. The summed E-state index contributed by atoms with van der Waals surface area (Å²) in [6.07, 6.45) is 1.16. The molecule has 2 aromatic rings. The molecule has 0 saturated carbocycles. The quantitative estimate of drug-likeness (QED) is 0.233. The SMILES string of the molecule is CCOP(=O)(OCC)OCCCCOC(=O)C(C)c1ccc2cc(OC)ccc2c1. The molecule has 2 aromatic carbocycles. The summed E-state index contributed by atoms with van der Waals surface area (Å²) >= 11 is 0. The Kier molecular flexibility index (Phi) is 9.79. The van der Waals surface area contributed by atoms with Crippen LogP contribution in [0.2, 0.25) is 0 Å². The molecule has 7 nitrogen and oxygen atoms in total. The topological polar surface area (TPSA) is 80.3 Å². The normalized spacial score (nSPS) is 12.7. The van der Waals surface area contributed by atoms with E-state index in [2.05, 4.69) is 0 Å². The van der Waals surface area contributed by atoms with Gasteiger partial charge in [0.05, 0.1) is 39.5 Å². The lowest BCUT2D eigenvalue weighted by Gasteiger charge is -2.16. The number of hydrogen-bond acceptors (Lipinski definition) is 7. The summed E-state index contributed by atoms with van der Waals surface area (Å²) in [5.41, 5.74) is 0.898. The lowest BCUT2D eigenvalue weighted by molar-refractivity contribution is -0.145. The van der Waals surface area contributed by atoms with E-state index in [1.54, 1.807) is 21.0 Å². The molecule has 0 aliphatic heterocycles. The van der Waals surface area contributed by atoms with Crippen molar-refractivity contribution in [3.05, 3.63) is 42.0 Å². The van der Waals surface area contributed by atoms with Gasteiger partial charge in [0.2, 0.25) is 0 Å². The molecule has 2 rings (SSSR count). The number of phosphoric ester groups is 1. The summed E-state index contributed by atoms with van der Waals surface area (Å²) in [5.74, 6) is 0.146. The molecule has 0 saturated heterocycles. The van der Waals surface area contributed by atoms with E-state index in [4.69, 9.17) is 23.0 Å². The molecule has 0 radical (unpaired) electrons. The van der Waals surface area contributed by atoms with Gasteiger partial charge in [-0.1, -0.05) is 24.3 Å². The molecule has 0 aliphatic carbocycles. The molecule has 8 heteroatoms. The molecule has 0 N–H and O–H groups in total. The first kappa shape index (κ1) is 24.4. The van der Waals surface area contributed by atoms with Gasteiger partial charge in [-0.2, -0.15) is 0 Å². The highest BCUT2D eigenvalue weighted by atomic mass is 31.2. The van der Waals surface area contributed by atoms with Gasteiger partial charge in [0.1, 0.15) is 5.75 Å². The highest BCUT2D eigenvalue weighted by Gasteiger charge is 2.24. The molecular formula is C22H31O7P. The standard InChI is InChI=1S/C22H31O7P/c1-5-27-30(24,28-6-2)29-14-8-7-13-26-22(23)17(3)18-9-10-20-16-21(25-4)12-11-19(20)15-18/h9-12,15-17H,5-8,13-14H2,1-4H3. The number of unbranched alkanes of at least 4 members (excludes halogenated alkanes) is 1. The van der Waals surface area contributed by atoms with Gasteiger partial charge in [-0.3, -0.25) is 18.4 Å². The average molecular weight is 438 g/mol. The van der Waals surface area contributed by atoms with Gasteiger partial charge in [-0.15, -0.1) is 0 Å². The predicted octanol–water partition coefficient (Wildman–Crippen LogP) is 5.47. The fraction of sp³-hybridized carbons (Fsp3) is 0.500. The number of phosphoric acid groups is 1. The van der Waals surface area contributed by atoms with E-state index < -0.39 is 7.82 Å². The van der Waals surface area contributed by atoms with Crippen molar-refractivity contribution in [2.75, 3.05) is 33.5 Å². The van der Waals surface area contributed by atoms with Crippen LogP contribution >= 0.6 is 7.82 Å². The number of carbonyl (C=O) groups excluding carboxylic acids is 1. The van der Waals surface area contributed by atoms with Gasteiger partial charge < -0.3 is 9.47 Å².